The molecule has 0 aliphatic carbocycles. The molecule has 0 saturated carbocycles. The van der Waals surface area contributed by atoms with Gasteiger partial charge < -0.3 is 20.1 Å². The number of nitrogens with one attached hydrogen (secondary N) is 2. The molecule has 1 heterocycles. The highest BCUT2D eigenvalue weighted by Gasteiger charge is 2.21. The van der Waals surface area contributed by atoms with Crippen LogP contribution in [0.2, 0.25) is 0 Å². The highest BCUT2D eigenvalue weighted by molar-refractivity contribution is 5.74. The Morgan fingerprint density at radius 2 is 2.09 bits per heavy atom. The first-order valence-corrected chi connectivity index (χ1v) is 8.53. The van der Waals surface area contributed by atoms with E-state index in [4.69, 9.17) is 9.47 Å². The van der Waals surface area contributed by atoms with Gasteiger partial charge >= 0.3 is 6.03 Å². The van der Waals surface area contributed by atoms with E-state index in [2.05, 4.69) is 17.6 Å². The van der Waals surface area contributed by atoms with Crippen LogP contribution >= 0.6 is 0 Å². The van der Waals surface area contributed by atoms with Gasteiger partial charge in [0, 0.05) is 25.8 Å². The van der Waals surface area contributed by atoms with Crippen LogP contribution in [0.5, 0.6) is 5.75 Å². The highest BCUT2D eigenvalue weighted by atomic mass is 16.5. The smallest absolute Gasteiger partial charge is 0.315 e. The molecule has 1 fully saturated rings. The van der Waals surface area contributed by atoms with Crippen LogP contribution in [0.15, 0.2) is 24.3 Å². The molecule has 1 aliphatic heterocycles. The van der Waals surface area contributed by atoms with Crippen LogP contribution in [-0.4, -0.2) is 38.4 Å². The number of ether oxygens (including phenoxy) is 2. The molecule has 23 heavy (non-hydrogen) atoms. The van der Waals surface area contributed by atoms with Crippen molar-refractivity contribution >= 4 is 6.03 Å². The van der Waals surface area contributed by atoms with E-state index in [1.807, 2.05) is 31.2 Å². The fraction of sp³-hybridized carbons (Fsp3) is 0.611. The molecule has 1 unspecified atom stereocenters. The van der Waals surface area contributed by atoms with E-state index in [-0.39, 0.29) is 12.1 Å². The van der Waals surface area contributed by atoms with E-state index >= 15 is 0 Å². The Bertz CT molecular complexity index is 487. The Morgan fingerprint density at radius 3 is 2.83 bits per heavy atom. The van der Waals surface area contributed by atoms with Crippen molar-refractivity contribution in [1.29, 1.82) is 0 Å². The molecular weight excluding hydrogens is 292 g/mol. The second kappa shape index (κ2) is 9.40. The van der Waals surface area contributed by atoms with Gasteiger partial charge in [-0.05, 0) is 50.7 Å². The van der Waals surface area contributed by atoms with E-state index in [1.165, 1.54) is 0 Å². The minimum Gasteiger partial charge on any atom is -0.494 e. The first kappa shape index (κ1) is 17.6. The molecule has 5 nitrogen and oxygen atoms in total. The molecule has 1 aromatic rings. The van der Waals surface area contributed by atoms with E-state index in [0.29, 0.717) is 19.1 Å². The number of para-hydroxylation sites is 1. The summed E-state index contributed by atoms with van der Waals surface area (Å²) in [5.74, 6) is 1.40. The van der Waals surface area contributed by atoms with Crippen LogP contribution < -0.4 is 15.4 Å². The number of amides is 2. The molecule has 0 radical (unpaired) electrons. The third kappa shape index (κ3) is 5.75. The van der Waals surface area contributed by atoms with Crippen molar-refractivity contribution in [1.82, 2.24) is 10.6 Å². The van der Waals surface area contributed by atoms with Crippen molar-refractivity contribution in [2.24, 2.45) is 5.92 Å². The fourth-order valence-electron chi connectivity index (χ4n) is 2.91. The van der Waals surface area contributed by atoms with E-state index < -0.39 is 0 Å². The lowest BCUT2D eigenvalue weighted by Crippen LogP contribution is -2.45. The molecule has 1 saturated heterocycles. The Labute approximate surface area is 138 Å². The summed E-state index contributed by atoms with van der Waals surface area (Å²) in [5.41, 5.74) is 1.12. The summed E-state index contributed by atoms with van der Waals surface area (Å²) in [6, 6.07) is 8.03. The van der Waals surface area contributed by atoms with Gasteiger partial charge in [-0.3, -0.25) is 0 Å². The quantitative estimate of drug-likeness (QED) is 0.812. The Balaban J connectivity index is 1.72. The highest BCUT2D eigenvalue weighted by Crippen LogP contribution is 2.19. The molecule has 0 aromatic heterocycles. The summed E-state index contributed by atoms with van der Waals surface area (Å²) in [7, 11) is 0. The molecule has 1 aliphatic rings. The summed E-state index contributed by atoms with van der Waals surface area (Å²) in [6.07, 6.45) is 2.79. The lowest BCUT2D eigenvalue weighted by molar-refractivity contribution is 0.0571. The van der Waals surface area contributed by atoms with Gasteiger partial charge in [0.1, 0.15) is 5.75 Å². The maximum absolute atomic E-state index is 12.0. The van der Waals surface area contributed by atoms with Gasteiger partial charge in [0.05, 0.1) is 6.61 Å². The molecule has 2 N–H and O–H groups in total. The standard InChI is InChI=1S/C18H28N2O3/c1-3-23-17-7-5-4-6-16(17)8-11-19-18(21)20-14(2)15-9-12-22-13-10-15/h4-7,14-15H,3,8-13H2,1-2H3,(H2,19,20,21). The van der Waals surface area contributed by atoms with Gasteiger partial charge in [-0.1, -0.05) is 18.2 Å². The van der Waals surface area contributed by atoms with E-state index in [0.717, 1.165) is 43.8 Å². The van der Waals surface area contributed by atoms with Gasteiger partial charge in [-0.2, -0.15) is 0 Å². The summed E-state index contributed by atoms with van der Waals surface area (Å²) in [4.78, 5) is 12.0. The van der Waals surface area contributed by atoms with E-state index in [9.17, 15) is 4.79 Å². The number of rotatable bonds is 7. The van der Waals surface area contributed by atoms with Crippen molar-refractivity contribution in [3.8, 4) is 5.75 Å². The van der Waals surface area contributed by atoms with Crippen LogP contribution in [0.3, 0.4) is 0 Å². The van der Waals surface area contributed by atoms with Crippen LogP contribution in [0, 0.1) is 5.92 Å². The zero-order chi connectivity index (χ0) is 16.5. The van der Waals surface area contributed by atoms with Crippen molar-refractivity contribution in [2.75, 3.05) is 26.4 Å². The third-order valence-corrected chi connectivity index (χ3v) is 4.28. The normalized spacial score (nSPS) is 16.6. The summed E-state index contributed by atoms with van der Waals surface area (Å²) >= 11 is 0. The second-order valence-corrected chi connectivity index (χ2v) is 5.93. The molecule has 128 valence electrons. The lowest BCUT2D eigenvalue weighted by atomic mass is 9.93. The largest absolute Gasteiger partial charge is 0.494 e. The molecular formula is C18H28N2O3. The number of benzene rings is 1. The van der Waals surface area contributed by atoms with Crippen molar-refractivity contribution < 1.29 is 14.3 Å². The fourth-order valence-corrected chi connectivity index (χ4v) is 2.91. The topological polar surface area (TPSA) is 59.6 Å². The van der Waals surface area contributed by atoms with Crippen LogP contribution in [0.25, 0.3) is 0 Å². The number of carbonyl (C=O) groups is 1. The minimum atomic E-state index is -0.0992. The Hall–Kier alpha value is -1.75. The van der Waals surface area contributed by atoms with E-state index in [1.54, 1.807) is 0 Å². The van der Waals surface area contributed by atoms with Crippen LogP contribution in [-0.2, 0) is 11.2 Å². The first-order chi connectivity index (χ1) is 11.2. The monoisotopic (exact) mass is 320 g/mol. The molecule has 5 heteroatoms. The zero-order valence-corrected chi connectivity index (χ0v) is 14.1. The van der Waals surface area contributed by atoms with Crippen LogP contribution in [0.4, 0.5) is 4.79 Å². The second-order valence-electron chi connectivity index (χ2n) is 5.93. The van der Waals surface area contributed by atoms with Gasteiger partial charge in [-0.25, -0.2) is 4.79 Å². The number of carbonyl (C=O) groups excluding carboxylic acids is 1. The molecule has 0 bridgehead atoms. The SMILES string of the molecule is CCOc1ccccc1CCNC(=O)NC(C)C1CCOCC1. The maximum Gasteiger partial charge on any atom is 0.315 e. The van der Waals surface area contributed by atoms with Gasteiger partial charge in [0.25, 0.3) is 0 Å². The minimum absolute atomic E-state index is 0.0992. The number of hydrogen-bond acceptors (Lipinski definition) is 3. The molecule has 2 amide bonds. The zero-order valence-electron chi connectivity index (χ0n) is 14.1. The molecule has 0 spiro atoms. The summed E-state index contributed by atoms with van der Waals surface area (Å²) in [6.45, 7) is 6.88. The van der Waals surface area contributed by atoms with Gasteiger partial charge in [-0.15, -0.1) is 0 Å². The van der Waals surface area contributed by atoms with Gasteiger partial charge in [0.2, 0.25) is 0 Å². The van der Waals surface area contributed by atoms with Gasteiger partial charge in [0.15, 0.2) is 0 Å². The van der Waals surface area contributed by atoms with Crippen LogP contribution in [0.1, 0.15) is 32.3 Å². The van der Waals surface area contributed by atoms with Crippen molar-refractivity contribution in [3.05, 3.63) is 29.8 Å². The van der Waals surface area contributed by atoms with Crippen molar-refractivity contribution in [3.63, 3.8) is 0 Å². The summed E-state index contributed by atoms with van der Waals surface area (Å²) < 4.78 is 11.0. The maximum atomic E-state index is 12.0. The first-order valence-electron chi connectivity index (χ1n) is 8.53. The molecule has 1 aromatic carbocycles. The van der Waals surface area contributed by atoms with Crippen molar-refractivity contribution in [2.45, 2.75) is 39.2 Å². The number of urea groups is 1. The Kier molecular flexibility index (Phi) is 7.20. The summed E-state index contributed by atoms with van der Waals surface area (Å²) in [5, 5.41) is 5.97. The predicted molar refractivity (Wildman–Crippen MR) is 90.9 cm³/mol. The number of hydrogen-bond donors (Lipinski definition) is 2. The average molecular weight is 320 g/mol. The Morgan fingerprint density at radius 1 is 1.35 bits per heavy atom. The molecule has 1 atom stereocenters. The molecule has 2 rings (SSSR count). The predicted octanol–water partition coefficient (Wildman–Crippen LogP) is 2.74. The third-order valence-electron chi connectivity index (χ3n) is 4.28. The lowest BCUT2D eigenvalue weighted by Gasteiger charge is -2.28. The average Bonchev–Trinajstić information content (AvgIpc) is 2.57.